The fourth-order valence-corrected chi connectivity index (χ4v) is 7.84. The van der Waals surface area contributed by atoms with Gasteiger partial charge in [-0.1, -0.05) is 213 Å². The molecule has 0 saturated carbocycles. The van der Waals surface area contributed by atoms with Crippen LogP contribution in [0, 0.1) is 0 Å². The van der Waals surface area contributed by atoms with Crippen LogP contribution in [0.15, 0.2) is 0 Å². The van der Waals surface area contributed by atoms with E-state index in [0.717, 1.165) is 38.5 Å². The Morgan fingerprint density at radius 3 is 1.17 bits per heavy atom. The van der Waals surface area contributed by atoms with Crippen LogP contribution in [0.3, 0.4) is 0 Å². The molecular formula is C48H92O10. The second kappa shape index (κ2) is 39.8. The first-order chi connectivity index (χ1) is 28.3. The molecule has 0 radical (unpaired) electrons. The lowest BCUT2D eigenvalue weighted by atomic mass is 9.99. The van der Waals surface area contributed by atoms with Crippen LogP contribution in [-0.2, 0) is 28.5 Å². The first kappa shape index (κ1) is 54.7. The Bertz CT molecular complexity index is 917. The molecule has 0 aromatic carbocycles. The molecule has 0 aliphatic carbocycles. The SMILES string of the molecule is CCCCCCCCCCCCCCCCCCCCCCC(=O)O[C@H](COC(=O)CCCCCCCCCCCCCCC)CO[C@@H]1O[C@H](CO)[C@H](O)C(O)C1O. The first-order valence-corrected chi connectivity index (χ1v) is 24.6. The largest absolute Gasteiger partial charge is 0.462 e. The predicted octanol–water partition coefficient (Wildman–Crippen LogP) is 11.0. The van der Waals surface area contributed by atoms with Gasteiger partial charge in [0.15, 0.2) is 12.4 Å². The van der Waals surface area contributed by atoms with Crippen molar-refractivity contribution in [2.24, 2.45) is 0 Å². The number of ether oxygens (including phenoxy) is 4. The molecule has 10 nitrogen and oxygen atoms in total. The zero-order valence-electron chi connectivity index (χ0n) is 37.6. The van der Waals surface area contributed by atoms with Gasteiger partial charge in [0.1, 0.15) is 31.0 Å². The molecule has 0 amide bonds. The van der Waals surface area contributed by atoms with E-state index in [2.05, 4.69) is 13.8 Å². The standard InChI is InChI=1S/C48H92O10/c1-3-5-7-9-11-13-15-17-18-19-20-21-22-23-25-27-29-31-33-35-37-44(51)57-41(40-56-48-47(54)46(53)45(52)42(38-49)58-48)39-55-43(50)36-34-32-30-28-26-24-16-14-12-10-8-6-4-2/h41-42,45-49,52-54H,3-40H2,1-2H3/t41-,42-,45+,46?,47?,48-/m1/s1. The highest BCUT2D eigenvalue weighted by Crippen LogP contribution is 2.23. The third-order valence-electron chi connectivity index (χ3n) is 11.7. The Balaban J connectivity index is 2.25. The van der Waals surface area contributed by atoms with E-state index in [1.165, 1.54) is 167 Å². The van der Waals surface area contributed by atoms with E-state index in [1.54, 1.807) is 0 Å². The molecule has 1 aliphatic heterocycles. The number of carbonyl (C=O) groups is 2. The molecule has 0 spiro atoms. The summed E-state index contributed by atoms with van der Waals surface area (Å²) < 4.78 is 22.2. The molecule has 1 saturated heterocycles. The zero-order chi connectivity index (χ0) is 42.3. The molecular weight excluding hydrogens is 737 g/mol. The van der Waals surface area contributed by atoms with Crippen molar-refractivity contribution in [1.82, 2.24) is 0 Å². The van der Waals surface area contributed by atoms with Gasteiger partial charge in [-0.2, -0.15) is 0 Å². The average molecular weight is 829 g/mol. The van der Waals surface area contributed by atoms with Crippen molar-refractivity contribution in [3.05, 3.63) is 0 Å². The smallest absolute Gasteiger partial charge is 0.306 e. The zero-order valence-corrected chi connectivity index (χ0v) is 37.6. The van der Waals surface area contributed by atoms with Crippen molar-refractivity contribution >= 4 is 11.9 Å². The first-order valence-electron chi connectivity index (χ1n) is 24.6. The molecule has 2 unspecified atom stereocenters. The third-order valence-corrected chi connectivity index (χ3v) is 11.7. The van der Waals surface area contributed by atoms with Gasteiger partial charge >= 0.3 is 11.9 Å². The monoisotopic (exact) mass is 829 g/mol. The van der Waals surface area contributed by atoms with Crippen LogP contribution in [0.25, 0.3) is 0 Å². The summed E-state index contributed by atoms with van der Waals surface area (Å²) in [5.41, 5.74) is 0. The average Bonchev–Trinajstić information content (AvgIpc) is 3.22. The highest BCUT2D eigenvalue weighted by molar-refractivity contribution is 5.70. The summed E-state index contributed by atoms with van der Waals surface area (Å²) in [7, 11) is 0. The highest BCUT2D eigenvalue weighted by atomic mass is 16.7. The van der Waals surface area contributed by atoms with E-state index in [1.807, 2.05) is 0 Å². The van der Waals surface area contributed by atoms with E-state index in [0.29, 0.717) is 6.42 Å². The topological polar surface area (TPSA) is 152 Å². The second-order valence-electron chi connectivity index (χ2n) is 17.3. The molecule has 6 atom stereocenters. The molecule has 0 aromatic rings. The summed E-state index contributed by atoms with van der Waals surface area (Å²) in [6, 6.07) is 0. The number of hydrogen-bond acceptors (Lipinski definition) is 10. The van der Waals surface area contributed by atoms with Crippen LogP contribution in [0.1, 0.15) is 239 Å². The number of carbonyl (C=O) groups excluding carboxylic acids is 2. The Morgan fingerprint density at radius 1 is 0.466 bits per heavy atom. The van der Waals surface area contributed by atoms with Gasteiger partial charge in [0.25, 0.3) is 0 Å². The van der Waals surface area contributed by atoms with E-state index in [4.69, 9.17) is 18.9 Å². The molecule has 1 fully saturated rings. The molecule has 0 bridgehead atoms. The van der Waals surface area contributed by atoms with Gasteiger partial charge in [-0.25, -0.2) is 0 Å². The highest BCUT2D eigenvalue weighted by Gasteiger charge is 2.44. The molecule has 1 rings (SSSR count). The minimum Gasteiger partial charge on any atom is -0.462 e. The maximum absolute atomic E-state index is 12.8. The number of rotatable bonds is 42. The van der Waals surface area contributed by atoms with Gasteiger partial charge in [-0.05, 0) is 12.8 Å². The Kier molecular flexibility index (Phi) is 37.6. The normalized spacial score (nSPS) is 20.0. The molecule has 1 heterocycles. The third kappa shape index (κ3) is 30.7. The van der Waals surface area contributed by atoms with Crippen LogP contribution in [0.5, 0.6) is 0 Å². The molecule has 10 heteroatoms. The maximum Gasteiger partial charge on any atom is 0.306 e. The summed E-state index contributed by atoms with van der Waals surface area (Å²) in [6.45, 7) is 3.47. The molecule has 344 valence electrons. The van der Waals surface area contributed by atoms with Crippen LogP contribution < -0.4 is 0 Å². The van der Waals surface area contributed by atoms with Gasteiger partial charge < -0.3 is 39.4 Å². The molecule has 58 heavy (non-hydrogen) atoms. The van der Waals surface area contributed by atoms with E-state index >= 15 is 0 Å². The summed E-state index contributed by atoms with van der Waals surface area (Å²) in [4.78, 5) is 25.4. The van der Waals surface area contributed by atoms with E-state index < -0.39 is 49.4 Å². The lowest BCUT2D eigenvalue weighted by Crippen LogP contribution is -2.59. The lowest BCUT2D eigenvalue weighted by molar-refractivity contribution is -0.305. The minimum absolute atomic E-state index is 0.209. The lowest BCUT2D eigenvalue weighted by Gasteiger charge is -2.39. The van der Waals surface area contributed by atoms with Crippen molar-refractivity contribution in [3.63, 3.8) is 0 Å². The number of unbranched alkanes of at least 4 members (excludes halogenated alkanes) is 31. The Hall–Kier alpha value is -1.30. The molecule has 4 N–H and O–H groups in total. The van der Waals surface area contributed by atoms with Crippen molar-refractivity contribution in [2.75, 3.05) is 19.8 Å². The minimum atomic E-state index is -1.59. The van der Waals surface area contributed by atoms with Crippen LogP contribution >= 0.6 is 0 Å². The van der Waals surface area contributed by atoms with Gasteiger partial charge in [-0.3, -0.25) is 9.59 Å². The van der Waals surface area contributed by atoms with Gasteiger partial charge in [0, 0.05) is 12.8 Å². The summed E-state index contributed by atoms with van der Waals surface area (Å²) in [5, 5.41) is 40.1. The predicted molar refractivity (Wildman–Crippen MR) is 234 cm³/mol. The van der Waals surface area contributed by atoms with Crippen LogP contribution in [-0.4, -0.2) is 89.0 Å². The van der Waals surface area contributed by atoms with Crippen molar-refractivity contribution in [3.8, 4) is 0 Å². The molecule has 0 aromatic heterocycles. The number of esters is 2. The van der Waals surface area contributed by atoms with Crippen molar-refractivity contribution in [1.29, 1.82) is 0 Å². The number of hydrogen-bond donors (Lipinski definition) is 4. The quantitative estimate of drug-likeness (QED) is 0.0346. The Morgan fingerprint density at radius 2 is 0.810 bits per heavy atom. The fourth-order valence-electron chi connectivity index (χ4n) is 7.84. The summed E-state index contributed by atoms with van der Waals surface area (Å²) in [6.07, 6.45) is 34.0. The van der Waals surface area contributed by atoms with Gasteiger partial charge in [0.2, 0.25) is 0 Å². The molecule has 1 aliphatic rings. The fraction of sp³-hybridized carbons (Fsp3) is 0.958. The van der Waals surface area contributed by atoms with Gasteiger partial charge in [-0.15, -0.1) is 0 Å². The van der Waals surface area contributed by atoms with Crippen LogP contribution in [0.4, 0.5) is 0 Å². The summed E-state index contributed by atoms with van der Waals surface area (Å²) >= 11 is 0. The van der Waals surface area contributed by atoms with Crippen LogP contribution in [0.2, 0.25) is 0 Å². The van der Waals surface area contributed by atoms with E-state index in [9.17, 15) is 30.0 Å². The van der Waals surface area contributed by atoms with Gasteiger partial charge in [0.05, 0.1) is 13.2 Å². The van der Waals surface area contributed by atoms with Crippen molar-refractivity contribution < 1.29 is 49.0 Å². The Labute approximate surface area is 355 Å². The number of aliphatic hydroxyl groups is 4. The van der Waals surface area contributed by atoms with Crippen molar-refractivity contribution in [2.45, 2.75) is 275 Å². The number of aliphatic hydroxyl groups excluding tert-OH is 4. The maximum atomic E-state index is 12.8. The summed E-state index contributed by atoms with van der Waals surface area (Å²) in [5.74, 6) is -0.789. The second-order valence-corrected chi connectivity index (χ2v) is 17.3. The van der Waals surface area contributed by atoms with E-state index in [-0.39, 0.29) is 32.0 Å².